The third-order valence-corrected chi connectivity index (χ3v) is 2.80. The smallest absolute Gasteiger partial charge is 0.360 e. The predicted octanol–water partition coefficient (Wildman–Crippen LogP) is 3.65. The van der Waals surface area contributed by atoms with Crippen LogP contribution in [0.2, 0.25) is 5.15 Å². The fraction of sp³-hybridized carbons (Fsp3) is 0.500. The maximum Gasteiger partial charge on any atom is 0.417 e. The second kappa shape index (κ2) is 6.23. The molecule has 0 aliphatic heterocycles. The number of nitrogens with zero attached hydrogens (tertiary/aromatic N) is 3. The summed E-state index contributed by atoms with van der Waals surface area (Å²) in [5, 5.41) is -0.196. The Labute approximate surface area is 115 Å². The summed E-state index contributed by atoms with van der Waals surface area (Å²) in [6.45, 7) is 2.53. The van der Waals surface area contributed by atoms with Gasteiger partial charge in [-0.1, -0.05) is 18.5 Å². The van der Waals surface area contributed by atoms with Gasteiger partial charge in [-0.2, -0.15) is 13.2 Å². The van der Waals surface area contributed by atoms with Gasteiger partial charge in [0, 0.05) is 32.4 Å². The first-order chi connectivity index (χ1) is 8.81. The topological polar surface area (TPSA) is 28.5 Å². The Hall–Kier alpha value is -1.30. The first kappa shape index (κ1) is 15.8. The molecule has 1 aromatic rings. The first-order valence-electron chi connectivity index (χ1n) is 5.72. The lowest BCUT2D eigenvalue weighted by Crippen LogP contribution is -2.21. The van der Waals surface area contributed by atoms with Crippen LogP contribution in [0.3, 0.4) is 0 Å². The fourth-order valence-electron chi connectivity index (χ4n) is 1.64. The Kier molecular flexibility index (Phi) is 5.17. The highest BCUT2D eigenvalue weighted by atomic mass is 35.5. The molecule has 0 aliphatic carbocycles. The number of aliphatic imine (C=N–C) groups is 1. The molecule has 0 saturated heterocycles. The average Bonchev–Trinajstić information content (AvgIpc) is 2.30. The van der Waals surface area contributed by atoms with E-state index < -0.39 is 11.7 Å². The lowest BCUT2D eigenvalue weighted by Gasteiger charge is -2.20. The molecule has 0 spiro atoms. The zero-order chi connectivity index (χ0) is 14.6. The van der Waals surface area contributed by atoms with Gasteiger partial charge in [0.05, 0.1) is 5.56 Å². The van der Waals surface area contributed by atoms with Crippen LogP contribution in [-0.2, 0) is 6.18 Å². The summed E-state index contributed by atoms with van der Waals surface area (Å²) in [5.41, 5.74) is -1.03. The number of rotatable bonds is 4. The van der Waals surface area contributed by atoms with E-state index in [1.807, 2.05) is 6.92 Å². The number of anilines is 1. The lowest BCUT2D eigenvalue weighted by atomic mass is 10.1. The van der Waals surface area contributed by atoms with E-state index in [1.54, 1.807) is 11.9 Å². The number of halogens is 4. The Bertz CT molecular complexity index is 472. The fourth-order valence-corrected chi connectivity index (χ4v) is 1.88. The molecule has 0 aromatic carbocycles. The van der Waals surface area contributed by atoms with Crippen molar-refractivity contribution < 1.29 is 13.2 Å². The first-order valence-corrected chi connectivity index (χ1v) is 6.10. The molecule has 1 rings (SSSR count). The highest BCUT2D eigenvalue weighted by Crippen LogP contribution is 2.35. The van der Waals surface area contributed by atoms with Gasteiger partial charge in [-0.3, -0.25) is 4.99 Å². The summed E-state index contributed by atoms with van der Waals surface area (Å²) in [5.74, 6) is 0.201. The van der Waals surface area contributed by atoms with Crippen molar-refractivity contribution in [2.24, 2.45) is 4.99 Å². The van der Waals surface area contributed by atoms with Crippen LogP contribution < -0.4 is 4.90 Å². The summed E-state index contributed by atoms with van der Waals surface area (Å²) >= 11 is 5.83. The van der Waals surface area contributed by atoms with Gasteiger partial charge in [-0.25, -0.2) is 4.98 Å². The summed E-state index contributed by atoms with van der Waals surface area (Å²) in [7, 11) is 3.06. The van der Waals surface area contributed by atoms with Gasteiger partial charge in [-0.15, -0.1) is 0 Å². The quantitative estimate of drug-likeness (QED) is 0.626. The van der Waals surface area contributed by atoms with E-state index in [0.717, 1.165) is 18.7 Å². The molecule has 0 N–H and O–H groups in total. The van der Waals surface area contributed by atoms with Gasteiger partial charge < -0.3 is 4.90 Å². The zero-order valence-electron chi connectivity index (χ0n) is 10.9. The zero-order valence-corrected chi connectivity index (χ0v) is 11.7. The Morgan fingerprint density at radius 2 is 2.11 bits per heavy atom. The van der Waals surface area contributed by atoms with Crippen LogP contribution in [0, 0.1) is 0 Å². The van der Waals surface area contributed by atoms with E-state index in [9.17, 15) is 13.2 Å². The third kappa shape index (κ3) is 3.83. The minimum absolute atomic E-state index is 0.196. The Morgan fingerprint density at radius 1 is 1.47 bits per heavy atom. The van der Waals surface area contributed by atoms with Gasteiger partial charge in [-0.05, 0) is 12.5 Å². The van der Waals surface area contributed by atoms with Gasteiger partial charge in [0.25, 0.3) is 0 Å². The molecule has 1 aromatic heterocycles. The maximum atomic E-state index is 13.0. The third-order valence-electron chi connectivity index (χ3n) is 2.51. The highest BCUT2D eigenvalue weighted by molar-refractivity contribution is 6.32. The summed E-state index contributed by atoms with van der Waals surface area (Å²) in [6.07, 6.45) is -2.62. The van der Waals surface area contributed by atoms with Crippen LogP contribution in [0.1, 0.15) is 24.5 Å². The van der Waals surface area contributed by atoms with Gasteiger partial charge in [0.1, 0.15) is 11.0 Å². The van der Waals surface area contributed by atoms with Crippen LogP contribution in [0.5, 0.6) is 0 Å². The monoisotopic (exact) mass is 293 g/mol. The molecule has 0 amide bonds. The number of aromatic nitrogens is 1. The van der Waals surface area contributed by atoms with Crippen molar-refractivity contribution >= 4 is 23.6 Å². The largest absolute Gasteiger partial charge is 0.417 e. The minimum atomic E-state index is -4.50. The SMILES string of the molecule is CCCN(C)c1cc(C(F)(F)F)c(C=NC)c(Cl)n1. The van der Waals surface area contributed by atoms with E-state index >= 15 is 0 Å². The van der Waals surface area contributed by atoms with E-state index in [-0.39, 0.29) is 16.5 Å². The molecule has 0 unspecified atom stereocenters. The van der Waals surface area contributed by atoms with E-state index in [2.05, 4.69) is 9.98 Å². The Morgan fingerprint density at radius 3 is 2.58 bits per heavy atom. The second-order valence-electron chi connectivity index (χ2n) is 4.04. The molecule has 0 bridgehead atoms. The van der Waals surface area contributed by atoms with Crippen LogP contribution in [-0.4, -0.2) is 31.8 Å². The van der Waals surface area contributed by atoms with Gasteiger partial charge >= 0.3 is 6.18 Å². The molecular formula is C12H15ClF3N3. The van der Waals surface area contributed by atoms with Crippen molar-refractivity contribution in [2.75, 3.05) is 25.5 Å². The van der Waals surface area contributed by atoms with Gasteiger partial charge in [0.2, 0.25) is 0 Å². The molecule has 106 valence electrons. The molecular weight excluding hydrogens is 279 g/mol. The minimum Gasteiger partial charge on any atom is -0.360 e. The van der Waals surface area contributed by atoms with Crippen molar-refractivity contribution in [2.45, 2.75) is 19.5 Å². The summed E-state index contributed by atoms with van der Waals surface area (Å²) in [6, 6.07) is 0.999. The number of pyridine rings is 1. The van der Waals surface area contributed by atoms with Crippen LogP contribution >= 0.6 is 11.6 Å². The lowest BCUT2D eigenvalue weighted by molar-refractivity contribution is -0.137. The van der Waals surface area contributed by atoms with Crippen molar-refractivity contribution in [1.29, 1.82) is 0 Å². The summed E-state index contributed by atoms with van der Waals surface area (Å²) in [4.78, 5) is 9.21. The maximum absolute atomic E-state index is 13.0. The molecule has 0 atom stereocenters. The number of alkyl halides is 3. The molecule has 7 heteroatoms. The highest BCUT2D eigenvalue weighted by Gasteiger charge is 2.35. The number of hydrogen-bond donors (Lipinski definition) is 0. The molecule has 1 heterocycles. The average molecular weight is 294 g/mol. The summed E-state index contributed by atoms with van der Waals surface area (Å²) < 4.78 is 39.0. The normalized spacial score (nSPS) is 12.2. The van der Waals surface area contributed by atoms with Crippen LogP contribution in [0.15, 0.2) is 11.1 Å². The van der Waals surface area contributed by atoms with Crippen molar-refractivity contribution in [3.63, 3.8) is 0 Å². The molecule has 0 fully saturated rings. The van der Waals surface area contributed by atoms with Crippen LogP contribution in [0.4, 0.5) is 19.0 Å². The standard InChI is InChI=1S/C12H15ClF3N3/c1-4-5-19(3)10-6-9(12(14,15)16)8(7-17-2)11(13)18-10/h6-7H,4-5H2,1-3H3. The van der Waals surface area contributed by atoms with Crippen molar-refractivity contribution in [1.82, 2.24) is 4.98 Å². The molecule has 0 saturated carbocycles. The van der Waals surface area contributed by atoms with Crippen molar-refractivity contribution in [3.05, 3.63) is 22.3 Å². The second-order valence-corrected chi connectivity index (χ2v) is 4.40. The predicted molar refractivity (Wildman–Crippen MR) is 71.3 cm³/mol. The van der Waals surface area contributed by atoms with Crippen molar-refractivity contribution in [3.8, 4) is 0 Å². The van der Waals surface area contributed by atoms with Gasteiger partial charge in [0.15, 0.2) is 0 Å². The van der Waals surface area contributed by atoms with E-state index in [1.165, 1.54) is 7.05 Å². The van der Waals surface area contributed by atoms with Crippen LogP contribution in [0.25, 0.3) is 0 Å². The molecule has 0 radical (unpaired) electrons. The van der Waals surface area contributed by atoms with E-state index in [0.29, 0.717) is 6.54 Å². The molecule has 0 aliphatic rings. The molecule has 3 nitrogen and oxygen atoms in total. The molecule has 19 heavy (non-hydrogen) atoms. The van der Waals surface area contributed by atoms with E-state index in [4.69, 9.17) is 11.6 Å². The number of hydrogen-bond acceptors (Lipinski definition) is 3. The Balaban J connectivity index is 3.39.